The molecule has 1 amide bonds. The average Bonchev–Trinajstić information content (AvgIpc) is 3.01. The zero-order valence-corrected chi connectivity index (χ0v) is 18.6. The molecule has 0 aliphatic carbocycles. The van der Waals surface area contributed by atoms with Crippen molar-refractivity contribution in [1.29, 1.82) is 0 Å². The van der Waals surface area contributed by atoms with Crippen molar-refractivity contribution in [2.45, 2.75) is 58.3 Å². The van der Waals surface area contributed by atoms with E-state index in [1.54, 1.807) is 9.47 Å². The van der Waals surface area contributed by atoms with Gasteiger partial charge in [0.1, 0.15) is 16.9 Å². The first-order valence-electron chi connectivity index (χ1n) is 10.8. The Kier molecular flexibility index (Phi) is 5.94. The third-order valence-electron chi connectivity index (χ3n) is 5.68. The smallest absolute Gasteiger partial charge is 0.410 e. The van der Waals surface area contributed by atoms with Gasteiger partial charge < -0.3 is 24.0 Å². The monoisotopic (exact) mass is 445 g/mol. The van der Waals surface area contributed by atoms with E-state index in [1.165, 1.54) is 12.1 Å². The zero-order chi connectivity index (χ0) is 23.0. The fourth-order valence-electron chi connectivity index (χ4n) is 3.92. The molecule has 1 aromatic heterocycles. The molecule has 0 bridgehead atoms. The highest BCUT2D eigenvalue weighted by molar-refractivity contribution is 5.93. The summed E-state index contributed by atoms with van der Waals surface area (Å²) in [7, 11) is 0. The van der Waals surface area contributed by atoms with Gasteiger partial charge in [0.25, 0.3) is 0 Å². The number of carbonyl (C=O) groups excluding carboxylic acids is 1. The van der Waals surface area contributed by atoms with Crippen molar-refractivity contribution in [3.05, 3.63) is 34.9 Å². The van der Waals surface area contributed by atoms with E-state index >= 15 is 4.39 Å². The number of aromatic nitrogens is 2. The number of rotatable bonds is 4. The van der Waals surface area contributed by atoms with Crippen molar-refractivity contribution in [1.82, 2.24) is 14.5 Å². The van der Waals surface area contributed by atoms with Crippen LogP contribution in [-0.4, -0.2) is 63.0 Å². The maximum absolute atomic E-state index is 15.1. The molecule has 1 N–H and O–H groups in total. The van der Waals surface area contributed by atoms with E-state index < -0.39 is 17.4 Å². The number of amides is 1. The largest absolute Gasteiger partial charge is 0.478 e. The van der Waals surface area contributed by atoms with E-state index in [0.717, 1.165) is 12.0 Å². The first-order chi connectivity index (χ1) is 15.1. The molecule has 9 heteroatoms. The number of carbonyl (C=O) groups is 2. The van der Waals surface area contributed by atoms with Gasteiger partial charge in [-0.1, -0.05) is 5.57 Å². The van der Waals surface area contributed by atoms with Gasteiger partial charge in [-0.25, -0.2) is 19.0 Å². The van der Waals surface area contributed by atoms with Crippen molar-refractivity contribution in [3.63, 3.8) is 0 Å². The number of ether oxygens (including phenoxy) is 2. The number of piperidine rings is 1. The zero-order valence-electron chi connectivity index (χ0n) is 18.6. The third-order valence-corrected chi connectivity index (χ3v) is 5.68. The van der Waals surface area contributed by atoms with Crippen LogP contribution >= 0.6 is 0 Å². The van der Waals surface area contributed by atoms with E-state index in [2.05, 4.69) is 4.98 Å². The molecule has 2 saturated heterocycles. The molecule has 1 atom stereocenters. The number of hydrogen-bond acceptors (Lipinski definition) is 5. The second kappa shape index (κ2) is 8.54. The van der Waals surface area contributed by atoms with Crippen LogP contribution < -0.4 is 0 Å². The van der Waals surface area contributed by atoms with Gasteiger partial charge in [0, 0.05) is 19.7 Å². The Morgan fingerprint density at radius 1 is 1.31 bits per heavy atom. The van der Waals surface area contributed by atoms with Crippen LogP contribution in [-0.2, 0) is 16.0 Å². The lowest BCUT2D eigenvalue weighted by Gasteiger charge is -2.31. The minimum absolute atomic E-state index is 0.0496. The van der Waals surface area contributed by atoms with Crippen molar-refractivity contribution < 1.29 is 28.6 Å². The summed E-state index contributed by atoms with van der Waals surface area (Å²) in [6.07, 6.45) is 3.73. The van der Waals surface area contributed by atoms with E-state index in [-0.39, 0.29) is 23.3 Å². The molecule has 32 heavy (non-hydrogen) atoms. The van der Waals surface area contributed by atoms with E-state index in [9.17, 15) is 14.7 Å². The third kappa shape index (κ3) is 4.62. The normalized spacial score (nSPS) is 19.1. The molecule has 2 aromatic rings. The Balaban J connectivity index is 1.60. The summed E-state index contributed by atoms with van der Waals surface area (Å²) in [6.45, 7) is 7.65. The first-order valence-corrected chi connectivity index (χ1v) is 10.8. The second-order valence-corrected chi connectivity index (χ2v) is 9.23. The molecule has 8 nitrogen and oxygen atoms in total. The molecule has 172 valence electrons. The Hall–Kier alpha value is -2.94. The minimum atomic E-state index is -1.31. The highest BCUT2D eigenvalue weighted by atomic mass is 19.1. The van der Waals surface area contributed by atoms with Crippen molar-refractivity contribution in [2.75, 3.05) is 19.7 Å². The van der Waals surface area contributed by atoms with Gasteiger partial charge >= 0.3 is 12.1 Å². The highest BCUT2D eigenvalue weighted by Gasteiger charge is 2.27. The number of benzene rings is 1. The number of carboxylic acids is 1. The standard InChI is InChI=1S/C23H28FN3O5/c1-23(2,3)32-22(30)26-9-6-14(7-10-26)12-18-25-17-5-4-16(21(28)29)19(24)20(17)27(18)13-15-8-11-31-15/h4-5,12,15H,6-11,13H2,1-3H3,(H,28,29)/t15-/m0/s1. The van der Waals surface area contributed by atoms with Crippen LogP contribution in [0.2, 0.25) is 0 Å². The number of aromatic carboxylic acids is 1. The number of fused-ring (bicyclic) bond motifs is 1. The molecule has 3 heterocycles. The number of likely N-dealkylation sites (tertiary alicyclic amines) is 1. The number of carboxylic acid groups (broad SMARTS) is 1. The van der Waals surface area contributed by atoms with Gasteiger partial charge in [0.15, 0.2) is 5.82 Å². The summed E-state index contributed by atoms with van der Waals surface area (Å²) >= 11 is 0. The van der Waals surface area contributed by atoms with Gasteiger partial charge in [-0.15, -0.1) is 0 Å². The van der Waals surface area contributed by atoms with Crippen LogP contribution in [0.25, 0.3) is 17.1 Å². The Morgan fingerprint density at radius 2 is 2.00 bits per heavy atom. The molecule has 0 saturated carbocycles. The van der Waals surface area contributed by atoms with E-state index in [1.807, 2.05) is 26.8 Å². The molecule has 0 unspecified atom stereocenters. The van der Waals surface area contributed by atoms with E-state index in [4.69, 9.17) is 9.47 Å². The van der Waals surface area contributed by atoms with Gasteiger partial charge in [-0.05, 0) is 58.2 Å². The quantitative estimate of drug-likeness (QED) is 0.762. The van der Waals surface area contributed by atoms with Gasteiger partial charge in [-0.2, -0.15) is 0 Å². The molecular formula is C23H28FN3O5. The number of imidazole rings is 1. The van der Waals surface area contributed by atoms with Gasteiger partial charge in [0.2, 0.25) is 0 Å². The number of hydrogen-bond donors (Lipinski definition) is 1. The predicted molar refractivity (Wildman–Crippen MR) is 116 cm³/mol. The molecule has 0 radical (unpaired) electrons. The van der Waals surface area contributed by atoms with E-state index in [0.29, 0.717) is 50.4 Å². The van der Waals surface area contributed by atoms with Crippen LogP contribution in [0, 0.1) is 5.82 Å². The van der Waals surface area contributed by atoms with Crippen LogP contribution in [0.3, 0.4) is 0 Å². The highest BCUT2D eigenvalue weighted by Crippen LogP contribution is 2.28. The van der Waals surface area contributed by atoms with Crippen LogP contribution in [0.15, 0.2) is 17.7 Å². The molecular weight excluding hydrogens is 417 g/mol. The Morgan fingerprint density at radius 3 is 2.56 bits per heavy atom. The summed E-state index contributed by atoms with van der Waals surface area (Å²) in [5.74, 6) is -1.53. The summed E-state index contributed by atoms with van der Waals surface area (Å²) in [6, 6.07) is 2.78. The maximum Gasteiger partial charge on any atom is 0.410 e. The summed E-state index contributed by atoms with van der Waals surface area (Å²) in [5, 5.41) is 9.31. The molecule has 4 rings (SSSR count). The predicted octanol–water partition coefficient (Wildman–Crippen LogP) is 4.08. The first kappa shape index (κ1) is 22.3. The lowest BCUT2D eigenvalue weighted by molar-refractivity contribution is -0.0588. The number of halogens is 1. The van der Waals surface area contributed by atoms with Crippen LogP contribution in [0.4, 0.5) is 9.18 Å². The Bertz CT molecular complexity index is 1070. The van der Waals surface area contributed by atoms with Gasteiger partial charge in [0.05, 0.1) is 23.7 Å². The fraction of sp³-hybridized carbons (Fsp3) is 0.522. The summed E-state index contributed by atoms with van der Waals surface area (Å²) < 4.78 is 27.7. The number of nitrogens with zero attached hydrogens (tertiary/aromatic N) is 3. The van der Waals surface area contributed by atoms with Gasteiger partial charge in [-0.3, -0.25) is 0 Å². The van der Waals surface area contributed by atoms with Crippen molar-refractivity contribution >= 4 is 29.2 Å². The fourth-order valence-corrected chi connectivity index (χ4v) is 3.92. The molecule has 2 aliphatic rings. The summed E-state index contributed by atoms with van der Waals surface area (Å²) in [4.78, 5) is 30.0. The molecule has 1 aromatic carbocycles. The van der Waals surface area contributed by atoms with Crippen molar-refractivity contribution in [3.8, 4) is 0 Å². The lowest BCUT2D eigenvalue weighted by Crippen LogP contribution is -2.40. The topological polar surface area (TPSA) is 93.9 Å². The summed E-state index contributed by atoms with van der Waals surface area (Å²) in [5.41, 5.74) is 0.761. The molecule has 2 aliphatic heterocycles. The molecule has 0 spiro atoms. The SMILES string of the molecule is CC(C)(C)OC(=O)N1CCC(=Cc2nc3ccc(C(=O)O)c(F)c3n2C[C@@H]2CCO2)CC1. The molecule has 2 fully saturated rings. The van der Waals surface area contributed by atoms with Crippen LogP contribution in [0.5, 0.6) is 0 Å². The maximum atomic E-state index is 15.1. The minimum Gasteiger partial charge on any atom is -0.478 e. The van der Waals surface area contributed by atoms with Crippen molar-refractivity contribution in [2.24, 2.45) is 0 Å². The second-order valence-electron chi connectivity index (χ2n) is 9.23. The Labute approximate surface area is 185 Å². The average molecular weight is 445 g/mol. The van der Waals surface area contributed by atoms with Crippen LogP contribution in [0.1, 0.15) is 56.2 Å². The lowest BCUT2D eigenvalue weighted by atomic mass is 10.0.